The molecule has 1 saturated heterocycles. The summed E-state index contributed by atoms with van der Waals surface area (Å²) in [6, 6.07) is 6.49. The Morgan fingerprint density at radius 3 is 2.50 bits per heavy atom. The number of phenolic OH excluding ortho intramolecular Hbond substituents is 1. The SMILES string of the molecule is O=C(Cc1ccccc1O)NC1(C(=O)O)CCOCC1. The molecule has 0 radical (unpaired) electrons. The Labute approximate surface area is 116 Å². The van der Waals surface area contributed by atoms with E-state index in [1.54, 1.807) is 18.2 Å². The molecule has 108 valence electrons. The first-order chi connectivity index (χ1) is 9.53. The van der Waals surface area contributed by atoms with Crippen molar-refractivity contribution in [3.63, 3.8) is 0 Å². The van der Waals surface area contributed by atoms with Crippen molar-refractivity contribution in [1.82, 2.24) is 5.32 Å². The van der Waals surface area contributed by atoms with Crippen LogP contribution in [0.5, 0.6) is 5.75 Å². The number of phenols is 1. The number of aliphatic carboxylic acids is 1. The van der Waals surface area contributed by atoms with E-state index in [-0.39, 0.29) is 25.0 Å². The average Bonchev–Trinajstić information content (AvgIpc) is 2.42. The number of rotatable bonds is 4. The molecule has 2 rings (SSSR count). The number of carbonyl (C=O) groups is 2. The van der Waals surface area contributed by atoms with Crippen LogP contribution in [-0.4, -0.2) is 40.8 Å². The van der Waals surface area contributed by atoms with Crippen LogP contribution in [0.2, 0.25) is 0 Å². The van der Waals surface area contributed by atoms with E-state index < -0.39 is 17.4 Å². The van der Waals surface area contributed by atoms with Gasteiger partial charge in [-0.2, -0.15) is 0 Å². The van der Waals surface area contributed by atoms with Gasteiger partial charge in [-0.1, -0.05) is 18.2 Å². The van der Waals surface area contributed by atoms with Crippen LogP contribution in [0.3, 0.4) is 0 Å². The summed E-state index contributed by atoms with van der Waals surface area (Å²) >= 11 is 0. The van der Waals surface area contributed by atoms with Gasteiger partial charge in [0.15, 0.2) is 0 Å². The molecule has 1 amide bonds. The molecular weight excluding hydrogens is 262 g/mol. The minimum atomic E-state index is -1.26. The van der Waals surface area contributed by atoms with Crippen LogP contribution in [0, 0.1) is 0 Å². The molecule has 3 N–H and O–H groups in total. The molecule has 1 aromatic carbocycles. The van der Waals surface area contributed by atoms with Crippen LogP contribution < -0.4 is 5.32 Å². The van der Waals surface area contributed by atoms with E-state index in [1.807, 2.05) is 0 Å². The number of carbonyl (C=O) groups excluding carboxylic acids is 1. The molecule has 1 aliphatic rings. The van der Waals surface area contributed by atoms with Gasteiger partial charge in [0.25, 0.3) is 0 Å². The van der Waals surface area contributed by atoms with Crippen LogP contribution in [0.1, 0.15) is 18.4 Å². The summed E-state index contributed by atoms with van der Waals surface area (Å²) < 4.78 is 5.14. The van der Waals surface area contributed by atoms with Crippen molar-refractivity contribution in [3.8, 4) is 5.75 Å². The zero-order valence-corrected chi connectivity index (χ0v) is 11.0. The molecule has 1 aliphatic heterocycles. The lowest BCUT2D eigenvalue weighted by Crippen LogP contribution is -2.57. The number of amides is 1. The van der Waals surface area contributed by atoms with E-state index in [0.29, 0.717) is 18.8 Å². The van der Waals surface area contributed by atoms with E-state index >= 15 is 0 Å². The van der Waals surface area contributed by atoms with Crippen molar-refractivity contribution in [2.75, 3.05) is 13.2 Å². The molecule has 0 bridgehead atoms. The molecule has 6 nitrogen and oxygen atoms in total. The fourth-order valence-corrected chi connectivity index (χ4v) is 2.26. The second-order valence-electron chi connectivity index (χ2n) is 4.85. The molecule has 0 atom stereocenters. The largest absolute Gasteiger partial charge is 0.508 e. The predicted molar refractivity (Wildman–Crippen MR) is 70.4 cm³/mol. The normalized spacial score (nSPS) is 17.4. The Kier molecular flexibility index (Phi) is 4.24. The maximum atomic E-state index is 12.0. The minimum Gasteiger partial charge on any atom is -0.508 e. The van der Waals surface area contributed by atoms with Crippen LogP contribution >= 0.6 is 0 Å². The highest BCUT2D eigenvalue weighted by molar-refractivity contribution is 5.88. The number of hydrogen-bond acceptors (Lipinski definition) is 4. The van der Waals surface area contributed by atoms with Crippen LogP contribution in [0.15, 0.2) is 24.3 Å². The molecule has 1 heterocycles. The van der Waals surface area contributed by atoms with Crippen molar-refractivity contribution in [3.05, 3.63) is 29.8 Å². The Morgan fingerprint density at radius 1 is 1.25 bits per heavy atom. The summed E-state index contributed by atoms with van der Waals surface area (Å²) in [4.78, 5) is 23.4. The predicted octanol–water partition coefficient (Wildman–Crippen LogP) is 0.685. The highest BCUT2D eigenvalue weighted by Gasteiger charge is 2.41. The summed E-state index contributed by atoms with van der Waals surface area (Å²) in [5, 5.41) is 21.5. The maximum absolute atomic E-state index is 12.0. The van der Waals surface area contributed by atoms with Crippen molar-refractivity contribution in [2.45, 2.75) is 24.8 Å². The zero-order chi connectivity index (χ0) is 14.6. The monoisotopic (exact) mass is 279 g/mol. The van der Waals surface area contributed by atoms with Gasteiger partial charge in [-0.15, -0.1) is 0 Å². The van der Waals surface area contributed by atoms with Gasteiger partial charge in [-0.25, -0.2) is 4.79 Å². The van der Waals surface area contributed by atoms with E-state index in [0.717, 1.165) is 0 Å². The lowest BCUT2D eigenvalue weighted by molar-refractivity contribution is -0.152. The molecule has 1 aromatic rings. The standard InChI is InChI=1S/C14H17NO5/c16-11-4-2-1-3-10(11)9-12(17)15-14(13(18)19)5-7-20-8-6-14/h1-4,16H,5-9H2,(H,15,17)(H,18,19). The third kappa shape index (κ3) is 3.08. The Hall–Kier alpha value is -2.08. The Balaban J connectivity index is 2.06. The number of benzene rings is 1. The van der Waals surface area contributed by atoms with Gasteiger partial charge in [0.05, 0.1) is 6.42 Å². The number of hydrogen-bond donors (Lipinski definition) is 3. The Morgan fingerprint density at radius 2 is 1.90 bits per heavy atom. The Bertz CT molecular complexity index is 508. The van der Waals surface area contributed by atoms with Crippen molar-refractivity contribution >= 4 is 11.9 Å². The molecule has 0 aliphatic carbocycles. The third-order valence-corrected chi connectivity index (χ3v) is 3.48. The second kappa shape index (κ2) is 5.92. The number of para-hydroxylation sites is 1. The topological polar surface area (TPSA) is 95.9 Å². The van der Waals surface area contributed by atoms with E-state index in [4.69, 9.17) is 4.74 Å². The maximum Gasteiger partial charge on any atom is 0.329 e. The van der Waals surface area contributed by atoms with E-state index in [9.17, 15) is 19.8 Å². The van der Waals surface area contributed by atoms with Gasteiger partial charge >= 0.3 is 5.97 Å². The van der Waals surface area contributed by atoms with Crippen LogP contribution in [-0.2, 0) is 20.7 Å². The average molecular weight is 279 g/mol. The molecule has 0 aromatic heterocycles. The number of carboxylic acids is 1. The van der Waals surface area contributed by atoms with Gasteiger partial charge < -0.3 is 20.3 Å². The van der Waals surface area contributed by atoms with Crippen LogP contribution in [0.4, 0.5) is 0 Å². The molecular formula is C14H17NO5. The van der Waals surface area contributed by atoms with E-state index in [1.165, 1.54) is 6.07 Å². The second-order valence-corrected chi connectivity index (χ2v) is 4.85. The van der Waals surface area contributed by atoms with Gasteiger partial charge in [-0.3, -0.25) is 4.79 Å². The first kappa shape index (κ1) is 14.3. The highest BCUT2D eigenvalue weighted by Crippen LogP contribution is 2.22. The fourth-order valence-electron chi connectivity index (χ4n) is 2.26. The number of nitrogens with one attached hydrogen (secondary N) is 1. The highest BCUT2D eigenvalue weighted by atomic mass is 16.5. The van der Waals surface area contributed by atoms with Gasteiger partial charge in [0.2, 0.25) is 5.91 Å². The molecule has 20 heavy (non-hydrogen) atoms. The number of ether oxygens (including phenoxy) is 1. The molecule has 1 fully saturated rings. The fraction of sp³-hybridized carbons (Fsp3) is 0.429. The lowest BCUT2D eigenvalue weighted by Gasteiger charge is -2.33. The first-order valence-corrected chi connectivity index (χ1v) is 6.42. The first-order valence-electron chi connectivity index (χ1n) is 6.42. The minimum absolute atomic E-state index is 0.0269. The summed E-state index contributed by atoms with van der Waals surface area (Å²) in [6.45, 7) is 0.617. The summed E-state index contributed by atoms with van der Waals surface area (Å²) in [5.41, 5.74) is -0.794. The van der Waals surface area contributed by atoms with Gasteiger partial charge in [0, 0.05) is 31.6 Å². The van der Waals surface area contributed by atoms with Crippen LogP contribution in [0.25, 0.3) is 0 Å². The number of carboxylic acid groups (broad SMARTS) is 1. The smallest absolute Gasteiger partial charge is 0.329 e. The molecule has 0 unspecified atom stereocenters. The number of aromatic hydroxyl groups is 1. The summed E-state index contributed by atoms with van der Waals surface area (Å²) in [7, 11) is 0. The van der Waals surface area contributed by atoms with Gasteiger partial charge in [0.1, 0.15) is 11.3 Å². The summed E-state index contributed by atoms with van der Waals surface area (Å²) in [6.07, 6.45) is 0.437. The van der Waals surface area contributed by atoms with Crippen molar-refractivity contribution < 1.29 is 24.5 Å². The van der Waals surface area contributed by atoms with E-state index in [2.05, 4.69) is 5.32 Å². The molecule has 0 saturated carbocycles. The quantitative estimate of drug-likeness (QED) is 0.753. The van der Waals surface area contributed by atoms with Crippen molar-refractivity contribution in [2.24, 2.45) is 0 Å². The van der Waals surface area contributed by atoms with Crippen molar-refractivity contribution in [1.29, 1.82) is 0 Å². The molecule has 6 heteroatoms. The van der Waals surface area contributed by atoms with Gasteiger partial charge in [-0.05, 0) is 6.07 Å². The third-order valence-electron chi connectivity index (χ3n) is 3.48. The zero-order valence-electron chi connectivity index (χ0n) is 11.0. The lowest BCUT2D eigenvalue weighted by atomic mass is 9.89. The summed E-state index contributed by atoms with van der Waals surface area (Å²) in [5.74, 6) is -1.44. The molecule has 0 spiro atoms.